The molecule has 0 aliphatic carbocycles. The Balaban J connectivity index is 1.85. The first-order chi connectivity index (χ1) is 14.7. The lowest BCUT2D eigenvalue weighted by molar-refractivity contribution is -0.275. The lowest BCUT2D eigenvalue weighted by atomic mass is 10.2. The summed E-state index contributed by atoms with van der Waals surface area (Å²) >= 11 is 0. The van der Waals surface area contributed by atoms with Gasteiger partial charge in [-0.2, -0.15) is 5.26 Å². The van der Waals surface area contributed by atoms with E-state index in [4.69, 9.17) is 10.00 Å². The number of nitrogens with zero attached hydrogens (tertiary/aromatic N) is 2. The number of aryl methyl sites for hydroxylation is 1. The van der Waals surface area contributed by atoms with Gasteiger partial charge in [-0.05, 0) is 43.3 Å². The number of carbonyl (C=O) groups is 1. The highest BCUT2D eigenvalue weighted by Gasteiger charge is 2.32. The Kier molecular flexibility index (Phi) is 6.26. The fraction of sp³-hybridized carbons (Fsp3) is 0.0952. The van der Waals surface area contributed by atoms with Crippen molar-refractivity contribution in [2.75, 3.05) is 10.6 Å². The summed E-state index contributed by atoms with van der Waals surface area (Å²) in [5, 5.41) is 14.2. The van der Waals surface area contributed by atoms with E-state index in [0.717, 1.165) is 11.6 Å². The first-order valence-electron chi connectivity index (χ1n) is 8.82. The Labute approximate surface area is 175 Å². The maximum atomic E-state index is 12.7. The fourth-order valence-electron chi connectivity index (χ4n) is 2.44. The molecule has 0 fully saturated rings. The minimum Gasteiger partial charge on any atom is -0.433 e. The molecule has 2 N–H and O–H groups in total. The van der Waals surface area contributed by atoms with E-state index in [9.17, 15) is 18.0 Å². The van der Waals surface area contributed by atoms with Crippen LogP contribution in [0, 0.1) is 18.3 Å². The van der Waals surface area contributed by atoms with Gasteiger partial charge in [-0.25, -0.2) is 9.78 Å². The van der Waals surface area contributed by atoms with Crippen molar-refractivity contribution in [1.82, 2.24) is 4.98 Å². The van der Waals surface area contributed by atoms with Crippen LogP contribution in [0.3, 0.4) is 0 Å². The van der Waals surface area contributed by atoms with Crippen LogP contribution in [0.4, 0.5) is 29.3 Å². The number of anilines is 2. The van der Waals surface area contributed by atoms with E-state index in [1.807, 2.05) is 19.1 Å². The Morgan fingerprint density at radius 2 is 1.68 bits per heavy atom. The van der Waals surface area contributed by atoms with Gasteiger partial charge in [0.2, 0.25) is 5.88 Å². The topological polar surface area (TPSA) is 96.3 Å². The summed E-state index contributed by atoms with van der Waals surface area (Å²) in [7, 11) is 0. The largest absolute Gasteiger partial charge is 0.573 e. The molecule has 7 nitrogen and oxygen atoms in total. The van der Waals surface area contributed by atoms with Crippen molar-refractivity contribution in [1.29, 1.82) is 5.26 Å². The zero-order valence-electron chi connectivity index (χ0n) is 16.0. The van der Waals surface area contributed by atoms with Crippen LogP contribution in [-0.2, 0) is 0 Å². The summed E-state index contributed by atoms with van der Waals surface area (Å²) in [6, 6.07) is 15.9. The third-order valence-corrected chi connectivity index (χ3v) is 3.81. The molecule has 0 spiro atoms. The molecule has 2 aromatic carbocycles. The van der Waals surface area contributed by atoms with Gasteiger partial charge in [-0.1, -0.05) is 29.8 Å². The van der Waals surface area contributed by atoms with Gasteiger partial charge in [0.05, 0.1) is 0 Å². The maximum absolute atomic E-state index is 12.7. The second kappa shape index (κ2) is 9.04. The number of urea groups is 1. The van der Waals surface area contributed by atoms with E-state index < -0.39 is 18.1 Å². The summed E-state index contributed by atoms with van der Waals surface area (Å²) in [6.07, 6.45) is -4.93. The molecule has 31 heavy (non-hydrogen) atoms. The molecule has 3 aromatic rings. The number of benzene rings is 2. The van der Waals surface area contributed by atoms with Crippen LogP contribution in [0.2, 0.25) is 0 Å². The van der Waals surface area contributed by atoms with Gasteiger partial charge in [-0.3, -0.25) is 0 Å². The molecule has 158 valence electrons. The highest BCUT2D eigenvalue weighted by atomic mass is 19.4. The molecule has 2 amide bonds. The number of amides is 2. The number of carbonyl (C=O) groups excluding carboxylic acids is 1. The monoisotopic (exact) mass is 428 g/mol. The number of pyridine rings is 1. The van der Waals surface area contributed by atoms with Gasteiger partial charge in [0.15, 0.2) is 11.5 Å². The Morgan fingerprint density at radius 1 is 1.00 bits per heavy atom. The number of rotatable bonds is 5. The summed E-state index contributed by atoms with van der Waals surface area (Å²) in [5.74, 6) is -1.19. The molecular formula is C21H15F3N4O3. The van der Waals surface area contributed by atoms with Gasteiger partial charge in [-0.15, -0.1) is 13.2 Å². The van der Waals surface area contributed by atoms with Crippen LogP contribution in [0.25, 0.3) is 0 Å². The molecule has 0 atom stereocenters. The zero-order chi connectivity index (χ0) is 22.4. The van der Waals surface area contributed by atoms with E-state index in [1.54, 1.807) is 18.2 Å². The zero-order valence-corrected chi connectivity index (χ0v) is 16.0. The van der Waals surface area contributed by atoms with Crippen LogP contribution in [0.5, 0.6) is 17.4 Å². The molecule has 1 heterocycles. The average Bonchev–Trinajstić information content (AvgIpc) is 2.71. The van der Waals surface area contributed by atoms with E-state index in [-0.39, 0.29) is 23.0 Å². The second-order valence-corrected chi connectivity index (χ2v) is 6.20. The van der Waals surface area contributed by atoms with Gasteiger partial charge in [0, 0.05) is 5.69 Å². The first-order valence-corrected chi connectivity index (χ1v) is 8.82. The molecule has 1 aromatic heterocycles. The van der Waals surface area contributed by atoms with Crippen molar-refractivity contribution in [2.45, 2.75) is 13.3 Å². The highest BCUT2D eigenvalue weighted by molar-refractivity contribution is 6.00. The van der Waals surface area contributed by atoms with E-state index in [2.05, 4.69) is 20.4 Å². The van der Waals surface area contributed by atoms with Gasteiger partial charge < -0.3 is 20.1 Å². The number of nitriles is 1. The third kappa shape index (κ3) is 6.11. The number of hydrogen-bond acceptors (Lipinski definition) is 5. The molecule has 0 saturated carbocycles. The Bertz CT molecular complexity index is 1130. The second-order valence-electron chi connectivity index (χ2n) is 6.20. The predicted molar refractivity (Wildman–Crippen MR) is 106 cm³/mol. The SMILES string of the molecule is Cc1ccc(NC(=O)Nc2ccc(C#N)nc2Oc2ccccc2OC(F)(F)F)cc1. The van der Waals surface area contributed by atoms with Gasteiger partial charge in [0.1, 0.15) is 17.5 Å². The van der Waals surface area contributed by atoms with Gasteiger partial charge in [0.25, 0.3) is 0 Å². The highest BCUT2D eigenvalue weighted by Crippen LogP contribution is 2.36. The molecule has 0 saturated heterocycles. The molecule has 0 aliphatic rings. The van der Waals surface area contributed by atoms with Crippen molar-refractivity contribution in [2.24, 2.45) is 0 Å². The minimum atomic E-state index is -4.93. The summed E-state index contributed by atoms with van der Waals surface area (Å²) < 4.78 is 47.4. The number of hydrogen-bond donors (Lipinski definition) is 2. The van der Waals surface area contributed by atoms with Crippen molar-refractivity contribution >= 4 is 17.4 Å². The maximum Gasteiger partial charge on any atom is 0.573 e. The predicted octanol–water partition coefficient (Wildman–Crippen LogP) is 5.60. The van der Waals surface area contributed by atoms with Crippen molar-refractivity contribution < 1.29 is 27.4 Å². The standard InChI is InChI=1S/C21H15F3N4O3/c1-13-6-8-14(9-7-13)27-20(29)28-16-11-10-15(12-25)26-19(16)30-17-4-2-3-5-18(17)31-21(22,23)24/h2-11H,1H3,(H2,27,28,29). The lowest BCUT2D eigenvalue weighted by Gasteiger charge is -2.15. The molecule has 0 radical (unpaired) electrons. The molecule has 0 unspecified atom stereocenters. The van der Waals surface area contributed by atoms with Crippen LogP contribution in [0.1, 0.15) is 11.3 Å². The Morgan fingerprint density at radius 3 is 2.32 bits per heavy atom. The van der Waals surface area contributed by atoms with Crippen molar-refractivity contribution in [3.05, 3.63) is 71.9 Å². The molecule has 0 bridgehead atoms. The van der Waals surface area contributed by atoms with Gasteiger partial charge >= 0.3 is 12.4 Å². The van der Waals surface area contributed by atoms with E-state index >= 15 is 0 Å². The quantitative estimate of drug-likeness (QED) is 0.552. The average molecular weight is 428 g/mol. The lowest BCUT2D eigenvalue weighted by Crippen LogP contribution is -2.20. The molecule has 3 rings (SSSR count). The number of para-hydroxylation sites is 2. The summed E-state index contributed by atoms with van der Waals surface area (Å²) in [5.41, 5.74) is 1.51. The van der Waals surface area contributed by atoms with Crippen LogP contribution < -0.4 is 20.1 Å². The number of halogens is 3. The fourth-order valence-corrected chi connectivity index (χ4v) is 2.44. The molecular weight excluding hydrogens is 413 g/mol. The first kappa shape index (κ1) is 21.4. The minimum absolute atomic E-state index is 0.0328. The molecule has 10 heteroatoms. The number of nitrogens with one attached hydrogen (secondary N) is 2. The summed E-state index contributed by atoms with van der Waals surface area (Å²) in [6.45, 7) is 1.90. The van der Waals surface area contributed by atoms with Crippen LogP contribution in [-0.4, -0.2) is 17.4 Å². The molecule has 0 aliphatic heterocycles. The van der Waals surface area contributed by atoms with Crippen molar-refractivity contribution in [3.63, 3.8) is 0 Å². The van der Waals surface area contributed by atoms with E-state index in [0.29, 0.717) is 5.69 Å². The number of ether oxygens (including phenoxy) is 2. The third-order valence-electron chi connectivity index (χ3n) is 3.81. The van der Waals surface area contributed by atoms with Crippen LogP contribution >= 0.6 is 0 Å². The van der Waals surface area contributed by atoms with E-state index in [1.165, 1.54) is 30.3 Å². The number of aromatic nitrogens is 1. The van der Waals surface area contributed by atoms with Crippen molar-refractivity contribution in [3.8, 4) is 23.4 Å². The number of alkyl halides is 3. The smallest absolute Gasteiger partial charge is 0.433 e. The Hall–Kier alpha value is -4.26. The normalized spacial score (nSPS) is 10.7. The summed E-state index contributed by atoms with van der Waals surface area (Å²) in [4.78, 5) is 16.3. The van der Waals surface area contributed by atoms with Crippen LogP contribution in [0.15, 0.2) is 60.7 Å².